The maximum Gasteiger partial charge on any atom is 0.335 e. The van der Waals surface area contributed by atoms with Gasteiger partial charge in [-0.1, -0.05) is 41.4 Å². The molecule has 0 aliphatic carbocycles. The Hall–Kier alpha value is -1.71. The van der Waals surface area contributed by atoms with Crippen molar-refractivity contribution in [2.24, 2.45) is 0 Å². The fourth-order valence-electron chi connectivity index (χ4n) is 1.62. The Bertz CT molecular complexity index is 614. The molecule has 0 unspecified atom stereocenters. The molecule has 0 amide bonds. The van der Waals surface area contributed by atoms with Crippen molar-refractivity contribution < 1.29 is 9.90 Å². The number of hydrogen-bond acceptors (Lipinski definition) is 2. The number of hydrogen-bond donors (Lipinski definition) is 2. The SMILES string of the molecule is O=C(O)c1ccc(NCc2ccccc2Cl)c(Cl)c1. The molecular weight excluding hydrogens is 285 g/mol. The second-order valence-corrected chi connectivity index (χ2v) is 4.76. The van der Waals surface area contributed by atoms with Crippen molar-refractivity contribution in [3.8, 4) is 0 Å². The fraction of sp³-hybridized carbons (Fsp3) is 0.0714. The molecule has 0 atom stereocenters. The molecule has 5 heteroatoms. The van der Waals surface area contributed by atoms with Crippen LogP contribution in [0.25, 0.3) is 0 Å². The van der Waals surface area contributed by atoms with Gasteiger partial charge < -0.3 is 10.4 Å². The molecule has 2 N–H and O–H groups in total. The first kappa shape index (κ1) is 13.7. The predicted octanol–water partition coefficient (Wildman–Crippen LogP) is 4.30. The smallest absolute Gasteiger partial charge is 0.335 e. The van der Waals surface area contributed by atoms with Gasteiger partial charge in [-0.15, -0.1) is 0 Å². The summed E-state index contributed by atoms with van der Waals surface area (Å²) in [7, 11) is 0. The van der Waals surface area contributed by atoms with Crippen LogP contribution in [-0.2, 0) is 6.54 Å². The van der Waals surface area contributed by atoms with E-state index in [1.54, 1.807) is 6.07 Å². The molecule has 98 valence electrons. The first-order chi connectivity index (χ1) is 9.08. The number of carboxylic acids is 1. The molecule has 2 aromatic carbocycles. The van der Waals surface area contributed by atoms with Crippen LogP contribution in [0.5, 0.6) is 0 Å². The van der Waals surface area contributed by atoms with Crippen molar-refractivity contribution >= 4 is 34.9 Å². The maximum atomic E-state index is 10.8. The quantitative estimate of drug-likeness (QED) is 0.884. The van der Waals surface area contributed by atoms with Gasteiger partial charge in [0.25, 0.3) is 0 Å². The van der Waals surface area contributed by atoms with Crippen LogP contribution >= 0.6 is 23.2 Å². The Morgan fingerprint density at radius 2 is 1.84 bits per heavy atom. The van der Waals surface area contributed by atoms with Crippen molar-refractivity contribution in [3.63, 3.8) is 0 Å². The van der Waals surface area contributed by atoms with Gasteiger partial charge in [-0.2, -0.15) is 0 Å². The summed E-state index contributed by atoms with van der Waals surface area (Å²) in [5, 5.41) is 13.0. The number of halogens is 2. The van der Waals surface area contributed by atoms with E-state index in [0.717, 1.165) is 5.56 Å². The van der Waals surface area contributed by atoms with E-state index in [4.69, 9.17) is 28.3 Å². The lowest BCUT2D eigenvalue weighted by atomic mass is 10.2. The third kappa shape index (κ3) is 3.40. The van der Waals surface area contributed by atoms with Crippen molar-refractivity contribution in [3.05, 3.63) is 63.6 Å². The standard InChI is InChI=1S/C14H11Cl2NO2/c15-11-4-2-1-3-10(11)8-17-13-6-5-9(14(18)19)7-12(13)16/h1-7,17H,8H2,(H,18,19). The van der Waals surface area contributed by atoms with Crippen LogP contribution in [0.15, 0.2) is 42.5 Å². The van der Waals surface area contributed by atoms with E-state index in [-0.39, 0.29) is 5.56 Å². The largest absolute Gasteiger partial charge is 0.478 e. The van der Waals surface area contributed by atoms with Gasteiger partial charge in [-0.05, 0) is 29.8 Å². The summed E-state index contributed by atoms with van der Waals surface area (Å²) in [6.45, 7) is 0.520. The van der Waals surface area contributed by atoms with Crippen LogP contribution < -0.4 is 5.32 Å². The van der Waals surface area contributed by atoms with E-state index in [1.807, 2.05) is 24.3 Å². The average Bonchev–Trinajstić information content (AvgIpc) is 2.39. The third-order valence-electron chi connectivity index (χ3n) is 2.64. The average molecular weight is 296 g/mol. The zero-order chi connectivity index (χ0) is 13.8. The summed E-state index contributed by atoms with van der Waals surface area (Å²) in [5.74, 6) is -1.00. The van der Waals surface area contributed by atoms with Crippen molar-refractivity contribution in [1.82, 2.24) is 0 Å². The minimum Gasteiger partial charge on any atom is -0.478 e. The second-order valence-electron chi connectivity index (χ2n) is 3.94. The molecular formula is C14H11Cl2NO2. The maximum absolute atomic E-state index is 10.8. The first-order valence-electron chi connectivity index (χ1n) is 5.58. The van der Waals surface area contributed by atoms with Crippen molar-refractivity contribution in [2.75, 3.05) is 5.32 Å². The Kier molecular flexibility index (Phi) is 4.30. The van der Waals surface area contributed by atoms with Gasteiger partial charge in [0.1, 0.15) is 0 Å². The predicted molar refractivity (Wildman–Crippen MR) is 77.2 cm³/mol. The summed E-state index contributed by atoms with van der Waals surface area (Å²) in [4.78, 5) is 10.8. The third-order valence-corrected chi connectivity index (χ3v) is 3.32. The molecule has 2 aromatic rings. The molecule has 0 aromatic heterocycles. The Balaban J connectivity index is 2.12. The lowest BCUT2D eigenvalue weighted by Gasteiger charge is -2.10. The summed E-state index contributed by atoms with van der Waals surface area (Å²) in [5.41, 5.74) is 1.78. The Labute approximate surface area is 120 Å². The van der Waals surface area contributed by atoms with Crippen molar-refractivity contribution in [1.29, 1.82) is 0 Å². The van der Waals surface area contributed by atoms with Gasteiger partial charge in [-0.25, -0.2) is 4.79 Å². The summed E-state index contributed by atoms with van der Waals surface area (Å²) < 4.78 is 0. The molecule has 0 saturated heterocycles. The Morgan fingerprint density at radius 1 is 1.11 bits per heavy atom. The number of nitrogens with one attached hydrogen (secondary N) is 1. The van der Waals surface area contributed by atoms with E-state index in [0.29, 0.717) is 22.3 Å². The molecule has 0 aliphatic rings. The van der Waals surface area contributed by atoms with Gasteiger partial charge >= 0.3 is 5.97 Å². The van der Waals surface area contributed by atoms with Gasteiger partial charge in [0, 0.05) is 11.6 Å². The number of aromatic carboxylic acids is 1. The van der Waals surface area contributed by atoms with Gasteiger partial charge in [0.2, 0.25) is 0 Å². The second kappa shape index (κ2) is 5.95. The highest BCUT2D eigenvalue weighted by atomic mass is 35.5. The molecule has 0 fully saturated rings. The lowest BCUT2D eigenvalue weighted by molar-refractivity contribution is 0.0697. The molecule has 19 heavy (non-hydrogen) atoms. The molecule has 0 saturated carbocycles. The van der Waals surface area contributed by atoms with Crippen LogP contribution in [0.1, 0.15) is 15.9 Å². The fourth-order valence-corrected chi connectivity index (χ4v) is 2.07. The van der Waals surface area contributed by atoms with Gasteiger partial charge in [-0.3, -0.25) is 0 Å². The first-order valence-corrected chi connectivity index (χ1v) is 6.33. The van der Waals surface area contributed by atoms with Crippen molar-refractivity contribution in [2.45, 2.75) is 6.54 Å². The zero-order valence-corrected chi connectivity index (χ0v) is 11.4. The van der Waals surface area contributed by atoms with Crippen LogP contribution in [0.4, 0.5) is 5.69 Å². The molecule has 0 aliphatic heterocycles. The molecule has 0 radical (unpaired) electrons. The molecule has 0 spiro atoms. The van der Waals surface area contributed by atoms with Gasteiger partial charge in [0.15, 0.2) is 0 Å². The minimum absolute atomic E-state index is 0.160. The van der Waals surface area contributed by atoms with E-state index >= 15 is 0 Å². The summed E-state index contributed by atoms with van der Waals surface area (Å²) in [6, 6.07) is 12.0. The number of carboxylic acid groups (broad SMARTS) is 1. The highest BCUT2D eigenvalue weighted by Crippen LogP contribution is 2.24. The summed E-state index contributed by atoms with van der Waals surface area (Å²) in [6.07, 6.45) is 0. The highest BCUT2D eigenvalue weighted by molar-refractivity contribution is 6.33. The highest BCUT2D eigenvalue weighted by Gasteiger charge is 2.07. The van der Waals surface area contributed by atoms with E-state index in [2.05, 4.69) is 5.32 Å². The summed E-state index contributed by atoms with van der Waals surface area (Å²) >= 11 is 12.1. The van der Waals surface area contributed by atoms with E-state index in [9.17, 15) is 4.79 Å². The number of benzene rings is 2. The normalized spacial score (nSPS) is 10.2. The van der Waals surface area contributed by atoms with Crippen LogP contribution in [-0.4, -0.2) is 11.1 Å². The van der Waals surface area contributed by atoms with Crippen LogP contribution in [0, 0.1) is 0 Å². The molecule has 0 heterocycles. The Morgan fingerprint density at radius 3 is 2.47 bits per heavy atom. The topological polar surface area (TPSA) is 49.3 Å². The lowest BCUT2D eigenvalue weighted by Crippen LogP contribution is -2.02. The van der Waals surface area contributed by atoms with Gasteiger partial charge in [0.05, 0.1) is 16.3 Å². The monoisotopic (exact) mass is 295 g/mol. The van der Waals surface area contributed by atoms with Crippen LogP contribution in [0.3, 0.4) is 0 Å². The number of anilines is 1. The zero-order valence-electron chi connectivity index (χ0n) is 9.86. The van der Waals surface area contributed by atoms with Crippen LogP contribution in [0.2, 0.25) is 10.0 Å². The number of carbonyl (C=O) groups is 1. The van der Waals surface area contributed by atoms with E-state index in [1.165, 1.54) is 12.1 Å². The molecule has 0 bridgehead atoms. The van der Waals surface area contributed by atoms with E-state index < -0.39 is 5.97 Å². The molecule has 2 rings (SSSR count). The minimum atomic E-state index is -1.00. The number of rotatable bonds is 4. The molecule has 3 nitrogen and oxygen atoms in total.